The number of hydrogen-bond acceptors (Lipinski definition) is 4. The molecule has 0 aromatic carbocycles. The molecule has 1 aliphatic rings. The van der Waals surface area contributed by atoms with Crippen molar-refractivity contribution >= 4 is 17.2 Å². The molecule has 0 unspecified atom stereocenters. The largest absolute Gasteiger partial charge is 0.338 e. The fraction of sp³-hybridized carbons (Fsp3) is 0.562. The lowest BCUT2D eigenvalue weighted by Gasteiger charge is -2.25. The van der Waals surface area contributed by atoms with Gasteiger partial charge in [0.25, 0.3) is 0 Å². The molecule has 1 fully saturated rings. The van der Waals surface area contributed by atoms with Gasteiger partial charge < -0.3 is 4.90 Å². The monoisotopic (exact) mass is 318 g/mol. The van der Waals surface area contributed by atoms with Crippen LogP contribution in [0.2, 0.25) is 0 Å². The predicted molar refractivity (Wildman–Crippen MR) is 86.9 cm³/mol. The summed E-state index contributed by atoms with van der Waals surface area (Å²) in [5.74, 6) is 0.249. The summed E-state index contributed by atoms with van der Waals surface area (Å²) >= 11 is 1.62. The lowest BCUT2D eigenvalue weighted by atomic mass is 10.2. The highest BCUT2D eigenvalue weighted by Gasteiger charge is 2.29. The lowest BCUT2D eigenvalue weighted by molar-refractivity contribution is -0.132. The predicted octanol–water partition coefficient (Wildman–Crippen LogP) is 2.58. The Bertz CT molecular complexity index is 635. The highest BCUT2D eigenvalue weighted by atomic mass is 32.1. The Labute approximate surface area is 135 Å². The first kappa shape index (κ1) is 15.2. The summed E-state index contributed by atoms with van der Waals surface area (Å²) in [4.78, 5) is 18.8. The lowest BCUT2D eigenvalue weighted by Crippen LogP contribution is -2.38. The zero-order valence-electron chi connectivity index (χ0n) is 13.2. The van der Waals surface area contributed by atoms with Gasteiger partial charge in [-0.25, -0.2) is 4.98 Å². The van der Waals surface area contributed by atoms with Gasteiger partial charge in [-0.05, 0) is 32.8 Å². The minimum Gasteiger partial charge on any atom is -0.338 e. The van der Waals surface area contributed by atoms with E-state index in [0.29, 0.717) is 6.42 Å². The standard InChI is InChI=1S/C16H22N4OS/c1-12-10-13(2)20(18-12)11-14-4-3-8-19(14)16(21)6-5-15-17-7-9-22-15/h7,9-10,14H,3-6,8,11H2,1-2H3/t14-/m1/s1. The molecule has 2 aromatic heterocycles. The summed E-state index contributed by atoms with van der Waals surface area (Å²) in [6.45, 7) is 5.77. The Morgan fingerprint density at radius 2 is 2.32 bits per heavy atom. The molecule has 1 saturated heterocycles. The van der Waals surface area contributed by atoms with Crippen LogP contribution in [-0.4, -0.2) is 38.2 Å². The van der Waals surface area contributed by atoms with E-state index in [4.69, 9.17) is 0 Å². The maximum atomic E-state index is 12.5. The summed E-state index contributed by atoms with van der Waals surface area (Å²) in [6, 6.07) is 2.37. The minimum atomic E-state index is 0.249. The van der Waals surface area contributed by atoms with Crippen molar-refractivity contribution in [2.45, 2.75) is 52.1 Å². The molecule has 0 N–H and O–H groups in total. The molecule has 0 saturated carbocycles. The number of nitrogens with zero attached hydrogens (tertiary/aromatic N) is 4. The van der Waals surface area contributed by atoms with Crippen molar-refractivity contribution in [3.8, 4) is 0 Å². The van der Waals surface area contributed by atoms with Gasteiger partial charge >= 0.3 is 0 Å². The number of aromatic nitrogens is 3. The van der Waals surface area contributed by atoms with Crippen LogP contribution in [0.1, 0.15) is 35.7 Å². The number of likely N-dealkylation sites (tertiary alicyclic amines) is 1. The van der Waals surface area contributed by atoms with Gasteiger partial charge in [-0.2, -0.15) is 5.10 Å². The Kier molecular flexibility index (Phi) is 4.57. The van der Waals surface area contributed by atoms with E-state index in [1.807, 2.05) is 21.9 Å². The summed E-state index contributed by atoms with van der Waals surface area (Å²) in [7, 11) is 0. The molecule has 6 heteroatoms. The zero-order chi connectivity index (χ0) is 15.5. The van der Waals surface area contributed by atoms with Gasteiger partial charge in [0.15, 0.2) is 0 Å². The van der Waals surface area contributed by atoms with E-state index < -0.39 is 0 Å². The van der Waals surface area contributed by atoms with Gasteiger partial charge in [-0.3, -0.25) is 9.48 Å². The molecule has 0 bridgehead atoms. The Hall–Kier alpha value is -1.69. The maximum Gasteiger partial charge on any atom is 0.223 e. The number of hydrogen-bond donors (Lipinski definition) is 0. The third-order valence-electron chi connectivity index (χ3n) is 4.22. The summed E-state index contributed by atoms with van der Waals surface area (Å²) in [6.07, 6.45) is 5.26. The first-order valence-corrected chi connectivity index (χ1v) is 8.70. The van der Waals surface area contributed by atoms with Gasteiger partial charge in [0.2, 0.25) is 5.91 Å². The molecule has 3 heterocycles. The maximum absolute atomic E-state index is 12.5. The zero-order valence-corrected chi connectivity index (χ0v) is 14.0. The van der Waals surface area contributed by atoms with E-state index in [9.17, 15) is 4.79 Å². The van der Waals surface area contributed by atoms with Crippen LogP contribution in [-0.2, 0) is 17.8 Å². The number of aryl methyl sites for hydroxylation is 3. The van der Waals surface area contributed by atoms with E-state index in [1.54, 1.807) is 17.5 Å². The van der Waals surface area contributed by atoms with Gasteiger partial charge in [-0.1, -0.05) is 0 Å². The number of thiazole rings is 1. The Morgan fingerprint density at radius 3 is 3.00 bits per heavy atom. The molecular formula is C16H22N4OS. The second-order valence-corrected chi connectivity index (χ2v) is 6.90. The minimum absolute atomic E-state index is 0.249. The summed E-state index contributed by atoms with van der Waals surface area (Å²) in [5.41, 5.74) is 2.21. The van der Waals surface area contributed by atoms with Gasteiger partial charge in [0, 0.05) is 36.7 Å². The normalized spacial score (nSPS) is 18.1. The molecule has 0 spiro atoms. The number of carbonyl (C=O) groups excluding carboxylic acids is 1. The molecule has 1 aliphatic heterocycles. The molecule has 1 amide bonds. The molecule has 5 nitrogen and oxygen atoms in total. The fourth-order valence-corrected chi connectivity index (χ4v) is 3.77. The van der Waals surface area contributed by atoms with E-state index in [-0.39, 0.29) is 11.9 Å². The van der Waals surface area contributed by atoms with E-state index in [2.05, 4.69) is 23.1 Å². The van der Waals surface area contributed by atoms with Crippen LogP contribution in [0.25, 0.3) is 0 Å². The number of rotatable bonds is 5. The molecule has 0 aliphatic carbocycles. The van der Waals surface area contributed by atoms with Crippen molar-refractivity contribution in [1.29, 1.82) is 0 Å². The first-order chi connectivity index (χ1) is 10.6. The highest BCUT2D eigenvalue weighted by Crippen LogP contribution is 2.21. The second kappa shape index (κ2) is 6.60. The van der Waals surface area contributed by atoms with Crippen LogP contribution in [0.3, 0.4) is 0 Å². The molecular weight excluding hydrogens is 296 g/mol. The van der Waals surface area contributed by atoms with Crippen LogP contribution < -0.4 is 0 Å². The average Bonchev–Trinajstić information content (AvgIpc) is 3.20. The average molecular weight is 318 g/mol. The van der Waals surface area contributed by atoms with E-state index >= 15 is 0 Å². The summed E-state index contributed by atoms with van der Waals surface area (Å²) < 4.78 is 2.03. The van der Waals surface area contributed by atoms with Crippen LogP contribution in [0.4, 0.5) is 0 Å². The van der Waals surface area contributed by atoms with Crippen molar-refractivity contribution in [3.63, 3.8) is 0 Å². The third kappa shape index (κ3) is 3.38. The second-order valence-electron chi connectivity index (χ2n) is 5.92. The van der Waals surface area contributed by atoms with Gasteiger partial charge in [0.1, 0.15) is 0 Å². The first-order valence-electron chi connectivity index (χ1n) is 7.82. The van der Waals surface area contributed by atoms with Crippen molar-refractivity contribution in [1.82, 2.24) is 19.7 Å². The van der Waals surface area contributed by atoms with Gasteiger partial charge in [-0.15, -0.1) is 11.3 Å². The molecule has 2 aromatic rings. The topological polar surface area (TPSA) is 51.0 Å². The van der Waals surface area contributed by atoms with E-state index in [1.165, 1.54) is 5.69 Å². The molecule has 0 radical (unpaired) electrons. The molecule has 22 heavy (non-hydrogen) atoms. The Balaban J connectivity index is 1.60. The van der Waals surface area contributed by atoms with E-state index in [0.717, 1.165) is 43.1 Å². The highest BCUT2D eigenvalue weighted by molar-refractivity contribution is 7.09. The van der Waals surface area contributed by atoms with Gasteiger partial charge in [0.05, 0.1) is 23.3 Å². The smallest absolute Gasteiger partial charge is 0.223 e. The van der Waals surface area contributed by atoms with Crippen LogP contribution >= 0.6 is 11.3 Å². The number of carbonyl (C=O) groups is 1. The van der Waals surface area contributed by atoms with Crippen LogP contribution in [0, 0.1) is 13.8 Å². The van der Waals surface area contributed by atoms with Crippen molar-refractivity contribution in [2.75, 3.05) is 6.54 Å². The van der Waals surface area contributed by atoms with Crippen LogP contribution in [0.5, 0.6) is 0 Å². The quantitative estimate of drug-likeness (QED) is 0.851. The molecule has 1 atom stereocenters. The number of amides is 1. The van der Waals surface area contributed by atoms with Crippen molar-refractivity contribution < 1.29 is 4.79 Å². The van der Waals surface area contributed by atoms with Crippen molar-refractivity contribution in [3.05, 3.63) is 34.0 Å². The third-order valence-corrected chi connectivity index (χ3v) is 5.06. The molecule has 3 rings (SSSR count). The van der Waals surface area contributed by atoms with Crippen molar-refractivity contribution in [2.24, 2.45) is 0 Å². The van der Waals surface area contributed by atoms with Crippen LogP contribution in [0.15, 0.2) is 17.6 Å². The Morgan fingerprint density at radius 1 is 1.45 bits per heavy atom. The summed E-state index contributed by atoms with van der Waals surface area (Å²) in [5, 5.41) is 7.53. The fourth-order valence-electron chi connectivity index (χ4n) is 3.15. The SMILES string of the molecule is Cc1cc(C)n(C[C@H]2CCCN2C(=O)CCc2nccs2)n1. The molecule has 118 valence electrons.